The van der Waals surface area contributed by atoms with Crippen LogP contribution >= 0.6 is 22.6 Å². The third-order valence-electron chi connectivity index (χ3n) is 3.44. The van der Waals surface area contributed by atoms with E-state index in [0.29, 0.717) is 19.8 Å². The van der Waals surface area contributed by atoms with Crippen molar-refractivity contribution in [2.75, 3.05) is 12.2 Å². The number of hydrogen-bond donors (Lipinski definition) is 1. The van der Waals surface area contributed by atoms with Crippen molar-refractivity contribution >= 4 is 34.4 Å². The number of amides is 1. The van der Waals surface area contributed by atoms with Crippen LogP contribution in [0.25, 0.3) is 0 Å². The molecule has 25 heavy (non-hydrogen) atoms. The molecule has 0 aromatic heterocycles. The summed E-state index contributed by atoms with van der Waals surface area (Å²) in [6, 6.07) is 9.40. The van der Waals surface area contributed by atoms with Gasteiger partial charge in [-0.2, -0.15) is 5.06 Å². The van der Waals surface area contributed by atoms with E-state index in [2.05, 4.69) is 4.74 Å². The van der Waals surface area contributed by atoms with E-state index in [4.69, 9.17) is 4.74 Å². The fourth-order valence-electron chi connectivity index (χ4n) is 2.19. The van der Waals surface area contributed by atoms with E-state index in [0.717, 1.165) is 7.11 Å². The maximum absolute atomic E-state index is 13.2. The van der Waals surface area contributed by atoms with Gasteiger partial charge in [0.2, 0.25) is 0 Å². The van der Waals surface area contributed by atoms with Crippen molar-refractivity contribution in [2.24, 2.45) is 0 Å². The molecule has 2 rings (SSSR count). The number of hydroxylamine groups is 1. The predicted octanol–water partition coefficient (Wildman–Crippen LogP) is 5.08. The second kappa shape index (κ2) is 8.43. The number of nitrogens with zero attached hydrogens (tertiary/aromatic N) is 1. The molecule has 2 aromatic carbocycles. The van der Waals surface area contributed by atoms with Crippen LogP contribution in [0.4, 0.5) is 19.3 Å². The summed E-state index contributed by atoms with van der Waals surface area (Å²) in [5.41, 5.74) is 1.12. The molecule has 0 heterocycles. The monoisotopic (exact) mass is 463 g/mol. The zero-order valence-electron chi connectivity index (χ0n) is 13.5. The molecule has 0 aliphatic rings. The summed E-state index contributed by atoms with van der Waals surface area (Å²) < 4.78 is 37.1. The van der Waals surface area contributed by atoms with Crippen LogP contribution in [0.2, 0.25) is 0 Å². The van der Waals surface area contributed by atoms with Crippen LogP contribution in [0.3, 0.4) is 0 Å². The average molecular weight is 463 g/mol. The third-order valence-corrected chi connectivity index (χ3v) is 4.45. The van der Waals surface area contributed by atoms with E-state index in [1.165, 1.54) is 18.2 Å². The molecule has 2 aromatic rings. The van der Waals surface area contributed by atoms with E-state index in [-0.39, 0.29) is 23.6 Å². The third kappa shape index (κ3) is 4.57. The Morgan fingerprint density at radius 1 is 1.32 bits per heavy atom. The largest absolute Gasteiger partial charge is 0.488 e. The van der Waals surface area contributed by atoms with Gasteiger partial charge in [-0.15, -0.1) is 0 Å². The molecular weight excluding hydrogens is 447 g/mol. The highest BCUT2D eigenvalue weighted by molar-refractivity contribution is 14.1. The molecule has 0 aliphatic carbocycles. The van der Waals surface area contributed by atoms with Gasteiger partial charge in [0.05, 0.1) is 18.4 Å². The number of rotatable bonds is 5. The van der Waals surface area contributed by atoms with E-state index in [1.54, 1.807) is 25.1 Å². The number of carbonyl (C=O) groups is 1. The Balaban J connectivity index is 2.31. The van der Waals surface area contributed by atoms with Crippen molar-refractivity contribution in [2.45, 2.75) is 20.0 Å². The first-order valence-corrected chi connectivity index (χ1v) is 8.28. The Morgan fingerprint density at radius 3 is 2.68 bits per heavy atom. The minimum Gasteiger partial charge on any atom is -0.488 e. The highest BCUT2D eigenvalue weighted by Gasteiger charge is 2.20. The van der Waals surface area contributed by atoms with Crippen LogP contribution < -0.4 is 9.80 Å². The van der Waals surface area contributed by atoms with E-state index >= 15 is 0 Å². The number of ether oxygens (including phenoxy) is 2. The van der Waals surface area contributed by atoms with Gasteiger partial charge in [-0.3, -0.25) is 5.21 Å². The smallest absolute Gasteiger partial charge is 0.438 e. The highest BCUT2D eigenvalue weighted by atomic mass is 127. The van der Waals surface area contributed by atoms with Gasteiger partial charge in [0, 0.05) is 9.13 Å². The topological polar surface area (TPSA) is 59.0 Å². The highest BCUT2D eigenvalue weighted by Crippen LogP contribution is 2.32. The molecule has 0 radical (unpaired) electrons. The first-order valence-electron chi connectivity index (χ1n) is 7.21. The minimum atomic E-state index is -2.67. The van der Waals surface area contributed by atoms with Crippen LogP contribution in [0.15, 0.2) is 36.4 Å². The number of alkyl halides is 2. The Labute approximate surface area is 157 Å². The van der Waals surface area contributed by atoms with Crippen LogP contribution in [0.5, 0.6) is 5.75 Å². The van der Waals surface area contributed by atoms with Crippen LogP contribution in [-0.2, 0) is 11.3 Å². The summed E-state index contributed by atoms with van der Waals surface area (Å²) in [5.74, 6) is 0.0498. The summed E-state index contributed by atoms with van der Waals surface area (Å²) in [4.78, 5) is 11.5. The Kier molecular flexibility index (Phi) is 6.54. The van der Waals surface area contributed by atoms with Gasteiger partial charge in [-0.1, -0.05) is 17.7 Å². The zero-order chi connectivity index (χ0) is 18.6. The molecule has 0 saturated carbocycles. The lowest BCUT2D eigenvalue weighted by atomic mass is 10.1. The molecule has 1 amide bonds. The molecule has 0 saturated heterocycles. The Bertz CT molecular complexity index is 770. The summed E-state index contributed by atoms with van der Waals surface area (Å²) in [5, 5.41) is 10.3. The SMILES string of the molecule is COC(=O)N(O)c1cccc(I)c1COc1ccc(C)cc1C(F)F. The van der Waals surface area contributed by atoms with E-state index in [9.17, 15) is 18.8 Å². The van der Waals surface area contributed by atoms with Crippen molar-refractivity contribution in [3.05, 3.63) is 56.7 Å². The maximum Gasteiger partial charge on any atom is 0.438 e. The maximum atomic E-state index is 13.2. The molecule has 0 fully saturated rings. The number of methoxy groups -OCH3 is 1. The molecule has 0 atom stereocenters. The number of aryl methyl sites for hydroxylation is 1. The number of anilines is 1. The lowest BCUT2D eigenvalue weighted by Crippen LogP contribution is -2.28. The van der Waals surface area contributed by atoms with Gasteiger partial charge in [-0.25, -0.2) is 13.6 Å². The van der Waals surface area contributed by atoms with Crippen LogP contribution in [-0.4, -0.2) is 18.4 Å². The van der Waals surface area contributed by atoms with Crippen molar-refractivity contribution in [1.29, 1.82) is 0 Å². The van der Waals surface area contributed by atoms with E-state index < -0.39 is 12.5 Å². The summed E-state index contributed by atoms with van der Waals surface area (Å²) in [6.45, 7) is 1.61. The summed E-state index contributed by atoms with van der Waals surface area (Å²) in [6.07, 6.45) is -3.64. The van der Waals surface area contributed by atoms with Crippen molar-refractivity contribution < 1.29 is 28.3 Å². The van der Waals surface area contributed by atoms with Gasteiger partial charge >= 0.3 is 6.09 Å². The molecule has 0 unspecified atom stereocenters. The Hall–Kier alpha value is -1.94. The number of carbonyl (C=O) groups excluding carboxylic acids is 1. The van der Waals surface area contributed by atoms with E-state index in [1.807, 2.05) is 22.6 Å². The molecule has 5 nitrogen and oxygen atoms in total. The van der Waals surface area contributed by atoms with Crippen LogP contribution in [0, 0.1) is 10.5 Å². The molecule has 0 aliphatic heterocycles. The van der Waals surface area contributed by atoms with Crippen molar-refractivity contribution in [3.63, 3.8) is 0 Å². The second-order valence-electron chi connectivity index (χ2n) is 5.15. The van der Waals surface area contributed by atoms with Crippen LogP contribution in [0.1, 0.15) is 23.1 Å². The number of halogens is 3. The molecule has 1 N–H and O–H groups in total. The van der Waals surface area contributed by atoms with Crippen molar-refractivity contribution in [3.8, 4) is 5.75 Å². The summed E-state index contributed by atoms with van der Waals surface area (Å²) in [7, 11) is 1.14. The molecular formula is C17H16F2INO4. The fourth-order valence-corrected chi connectivity index (χ4v) is 2.83. The Morgan fingerprint density at radius 2 is 2.04 bits per heavy atom. The lowest BCUT2D eigenvalue weighted by molar-refractivity contribution is 0.140. The molecule has 0 spiro atoms. The predicted molar refractivity (Wildman–Crippen MR) is 96.3 cm³/mol. The van der Waals surface area contributed by atoms with Gasteiger partial charge < -0.3 is 9.47 Å². The normalized spacial score (nSPS) is 10.7. The quantitative estimate of drug-likeness (QED) is 0.382. The van der Waals surface area contributed by atoms with Crippen molar-refractivity contribution in [1.82, 2.24) is 0 Å². The molecule has 0 bridgehead atoms. The van der Waals surface area contributed by atoms with Gasteiger partial charge in [0.25, 0.3) is 6.43 Å². The van der Waals surface area contributed by atoms with Gasteiger partial charge in [0.1, 0.15) is 12.4 Å². The number of benzene rings is 2. The number of hydrogen-bond acceptors (Lipinski definition) is 4. The van der Waals surface area contributed by atoms with Gasteiger partial charge in [0.15, 0.2) is 0 Å². The molecule has 8 heteroatoms. The summed E-state index contributed by atoms with van der Waals surface area (Å²) >= 11 is 2.01. The second-order valence-corrected chi connectivity index (χ2v) is 6.31. The first-order chi connectivity index (χ1) is 11.8. The lowest BCUT2D eigenvalue weighted by Gasteiger charge is -2.19. The fraction of sp³-hybridized carbons (Fsp3) is 0.235. The molecule has 134 valence electrons. The van der Waals surface area contributed by atoms with Gasteiger partial charge in [-0.05, 0) is 53.8 Å². The first kappa shape index (κ1) is 19.4. The minimum absolute atomic E-state index is 0.0498. The zero-order valence-corrected chi connectivity index (χ0v) is 15.7. The average Bonchev–Trinajstić information content (AvgIpc) is 2.59. The standard InChI is InChI=1S/C17H16F2INO4/c1-10-6-7-15(11(8-10)16(18)19)25-9-12-13(20)4-3-5-14(12)21(23)17(22)24-2/h3-8,16,23H,9H2,1-2H3.